The van der Waals surface area contributed by atoms with Crippen molar-refractivity contribution in [2.24, 2.45) is 0 Å². The molecule has 1 aliphatic rings. The van der Waals surface area contributed by atoms with E-state index < -0.39 is 16.9 Å². The Bertz CT molecular complexity index is 1210. The Kier molecular flexibility index (Phi) is 5.94. The summed E-state index contributed by atoms with van der Waals surface area (Å²) in [5, 5.41) is 13.6. The van der Waals surface area contributed by atoms with E-state index in [-0.39, 0.29) is 24.5 Å². The summed E-state index contributed by atoms with van der Waals surface area (Å²) in [7, 11) is 0. The molecule has 160 valence electrons. The van der Waals surface area contributed by atoms with Gasteiger partial charge in [-0.05, 0) is 23.3 Å². The first-order valence-electron chi connectivity index (χ1n) is 9.85. The molecule has 1 fully saturated rings. The molecule has 0 spiro atoms. The van der Waals surface area contributed by atoms with Crippen LogP contribution >= 0.6 is 0 Å². The van der Waals surface area contributed by atoms with Crippen LogP contribution in [0.15, 0.2) is 84.6 Å². The zero-order valence-corrected chi connectivity index (χ0v) is 16.9. The minimum absolute atomic E-state index is 0.0146. The van der Waals surface area contributed by atoms with Gasteiger partial charge in [0.1, 0.15) is 18.1 Å². The number of amides is 3. The Morgan fingerprint density at radius 2 is 1.66 bits per heavy atom. The number of nitrogens with one attached hydrogen (secondary N) is 1. The van der Waals surface area contributed by atoms with Gasteiger partial charge in [-0.25, -0.2) is 4.79 Å². The molecule has 3 amide bonds. The van der Waals surface area contributed by atoms with Crippen LogP contribution in [-0.4, -0.2) is 21.8 Å². The van der Waals surface area contributed by atoms with Crippen LogP contribution in [0.5, 0.6) is 5.75 Å². The van der Waals surface area contributed by atoms with E-state index in [0.717, 1.165) is 10.5 Å². The van der Waals surface area contributed by atoms with Gasteiger partial charge in [-0.3, -0.25) is 19.8 Å². The molecule has 0 aliphatic carbocycles. The third-order valence-corrected chi connectivity index (χ3v) is 4.88. The van der Waals surface area contributed by atoms with Crippen molar-refractivity contribution in [2.75, 3.05) is 0 Å². The van der Waals surface area contributed by atoms with Crippen LogP contribution in [0, 0.1) is 10.1 Å². The predicted octanol–water partition coefficient (Wildman–Crippen LogP) is 4.27. The summed E-state index contributed by atoms with van der Waals surface area (Å²) in [5.41, 5.74) is 2.22. The Labute approximate surface area is 183 Å². The Morgan fingerprint density at radius 3 is 2.44 bits per heavy atom. The number of carbonyl (C=O) groups is 2. The van der Waals surface area contributed by atoms with Crippen LogP contribution in [0.4, 0.5) is 10.5 Å². The number of nitro groups is 1. The highest BCUT2D eigenvalue weighted by Crippen LogP contribution is 2.25. The maximum absolute atomic E-state index is 12.8. The molecule has 0 aromatic heterocycles. The number of ether oxygens (including phenoxy) is 1. The normalized spacial score (nSPS) is 14.5. The number of hydrogen-bond donors (Lipinski definition) is 1. The molecule has 0 saturated carbocycles. The molecule has 4 rings (SSSR count). The molecule has 0 unspecified atom stereocenters. The maximum atomic E-state index is 12.8. The van der Waals surface area contributed by atoms with Gasteiger partial charge in [-0.1, -0.05) is 60.7 Å². The number of urea groups is 1. The fourth-order valence-electron chi connectivity index (χ4n) is 3.29. The number of para-hydroxylation sites is 1. The van der Waals surface area contributed by atoms with E-state index in [1.165, 1.54) is 12.1 Å². The molecule has 0 bridgehead atoms. The zero-order valence-electron chi connectivity index (χ0n) is 16.9. The van der Waals surface area contributed by atoms with Gasteiger partial charge >= 0.3 is 6.03 Å². The number of nitro benzene ring substituents is 1. The van der Waals surface area contributed by atoms with Gasteiger partial charge in [0.05, 0.1) is 11.5 Å². The van der Waals surface area contributed by atoms with Crippen molar-refractivity contribution in [1.82, 2.24) is 10.2 Å². The van der Waals surface area contributed by atoms with Gasteiger partial charge in [-0.2, -0.15) is 0 Å². The highest BCUT2D eigenvalue weighted by atomic mass is 16.6. The molecule has 1 N–H and O–H groups in total. The lowest BCUT2D eigenvalue weighted by Crippen LogP contribution is -2.30. The summed E-state index contributed by atoms with van der Waals surface area (Å²) in [6.07, 6.45) is 1.56. The first-order valence-corrected chi connectivity index (χ1v) is 9.85. The van der Waals surface area contributed by atoms with Crippen LogP contribution in [0.3, 0.4) is 0 Å². The predicted molar refractivity (Wildman–Crippen MR) is 117 cm³/mol. The van der Waals surface area contributed by atoms with E-state index in [4.69, 9.17) is 4.74 Å². The van der Waals surface area contributed by atoms with E-state index >= 15 is 0 Å². The first kappa shape index (κ1) is 20.8. The summed E-state index contributed by atoms with van der Waals surface area (Å²) in [6, 6.07) is 22.0. The fraction of sp³-hybridized carbons (Fsp3) is 0.0833. The molecule has 0 radical (unpaired) electrons. The summed E-state index contributed by atoms with van der Waals surface area (Å²) in [4.78, 5) is 36.8. The minimum atomic E-state index is -0.486. The number of rotatable bonds is 7. The smallest absolute Gasteiger partial charge is 0.329 e. The van der Waals surface area contributed by atoms with Gasteiger partial charge in [-0.15, -0.1) is 0 Å². The second kappa shape index (κ2) is 9.13. The van der Waals surface area contributed by atoms with Crippen molar-refractivity contribution in [2.45, 2.75) is 13.2 Å². The van der Waals surface area contributed by atoms with Crippen LogP contribution in [0.2, 0.25) is 0 Å². The van der Waals surface area contributed by atoms with Crippen molar-refractivity contribution in [3.63, 3.8) is 0 Å². The topological polar surface area (TPSA) is 102 Å². The van der Waals surface area contributed by atoms with Gasteiger partial charge in [0.15, 0.2) is 0 Å². The fourth-order valence-corrected chi connectivity index (χ4v) is 3.29. The lowest BCUT2D eigenvalue weighted by molar-refractivity contribution is -0.384. The molecule has 8 nitrogen and oxygen atoms in total. The molecule has 8 heteroatoms. The molecule has 3 aromatic carbocycles. The molecule has 1 heterocycles. The molecule has 3 aromatic rings. The zero-order chi connectivity index (χ0) is 22.5. The van der Waals surface area contributed by atoms with Gasteiger partial charge in [0.2, 0.25) is 0 Å². The monoisotopic (exact) mass is 429 g/mol. The quantitative estimate of drug-likeness (QED) is 0.262. The molecule has 32 heavy (non-hydrogen) atoms. The van der Waals surface area contributed by atoms with Crippen molar-refractivity contribution in [1.29, 1.82) is 0 Å². The third kappa shape index (κ3) is 4.65. The van der Waals surface area contributed by atoms with Crippen LogP contribution in [0.1, 0.15) is 16.7 Å². The van der Waals surface area contributed by atoms with E-state index in [0.29, 0.717) is 16.9 Å². The van der Waals surface area contributed by atoms with Crippen LogP contribution in [0.25, 0.3) is 6.08 Å². The summed E-state index contributed by atoms with van der Waals surface area (Å²) in [6.45, 7) is 0.288. The number of hydrogen-bond acceptors (Lipinski definition) is 5. The SMILES string of the molecule is O=C1N/C(=C/c2ccccc2OCc2cccc([N+](=O)[O-])c2)C(=O)N1Cc1ccccc1. The van der Waals surface area contributed by atoms with Crippen LogP contribution < -0.4 is 10.1 Å². The lowest BCUT2D eigenvalue weighted by atomic mass is 10.1. The van der Waals surface area contributed by atoms with Crippen molar-refractivity contribution in [3.05, 3.63) is 111 Å². The van der Waals surface area contributed by atoms with Crippen molar-refractivity contribution < 1.29 is 19.2 Å². The summed E-state index contributed by atoms with van der Waals surface area (Å²) < 4.78 is 5.85. The highest BCUT2D eigenvalue weighted by molar-refractivity contribution is 6.14. The third-order valence-electron chi connectivity index (χ3n) is 4.88. The van der Waals surface area contributed by atoms with E-state index in [1.54, 1.807) is 42.5 Å². The van der Waals surface area contributed by atoms with E-state index in [2.05, 4.69) is 5.32 Å². The first-order chi connectivity index (χ1) is 15.5. The maximum Gasteiger partial charge on any atom is 0.329 e. The highest BCUT2D eigenvalue weighted by Gasteiger charge is 2.33. The number of imide groups is 1. The second-order valence-electron chi connectivity index (χ2n) is 7.12. The van der Waals surface area contributed by atoms with Gasteiger partial charge < -0.3 is 10.1 Å². The van der Waals surface area contributed by atoms with Gasteiger partial charge in [0.25, 0.3) is 11.6 Å². The minimum Gasteiger partial charge on any atom is -0.488 e. The lowest BCUT2D eigenvalue weighted by Gasteiger charge is -2.11. The van der Waals surface area contributed by atoms with Gasteiger partial charge in [0, 0.05) is 17.7 Å². The molecule has 0 atom stereocenters. The van der Waals surface area contributed by atoms with E-state index in [1.807, 2.05) is 30.3 Å². The van der Waals surface area contributed by atoms with E-state index in [9.17, 15) is 19.7 Å². The molecular weight excluding hydrogens is 410 g/mol. The van der Waals surface area contributed by atoms with Crippen molar-refractivity contribution in [3.8, 4) is 5.75 Å². The summed E-state index contributed by atoms with van der Waals surface area (Å²) >= 11 is 0. The number of carbonyl (C=O) groups excluding carboxylic acids is 2. The molecule has 1 saturated heterocycles. The Balaban J connectivity index is 1.51. The average Bonchev–Trinajstić information content (AvgIpc) is 3.06. The Hall–Kier alpha value is -4.46. The molecule has 1 aliphatic heterocycles. The van der Waals surface area contributed by atoms with Crippen LogP contribution in [-0.2, 0) is 17.9 Å². The number of non-ortho nitro benzene ring substituents is 1. The number of nitrogens with zero attached hydrogens (tertiary/aromatic N) is 2. The molecular formula is C24H19N3O5. The summed E-state index contributed by atoms with van der Waals surface area (Å²) in [5.74, 6) is 0.0578. The standard InChI is InChI=1S/C24H19N3O5/c28-23-21(25-24(29)26(23)15-17-7-2-1-3-8-17)14-19-10-4-5-12-22(19)32-16-18-9-6-11-20(13-18)27(30)31/h1-14H,15-16H2,(H,25,29)/b21-14+. The average molecular weight is 429 g/mol. The Morgan fingerprint density at radius 1 is 0.938 bits per heavy atom. The largest absolute Gasteiger partial charge is 0.488 e. The van der Waals surface area contributed by atoms with Crippen molar-refractivity contribution >= 4 is 23.7 Å². The number of benzene rings is 3. The second-order valence-corrected chi connectivity index (χ2v) is 7.12.